The highest BCUT2D eigenvalue weighted by Gasteiger charge is 2.27. The van der Waals surface area contributed by atoms with Crippen molar-refractivity contribution in [3.8, 4) is 5.75 Å². The number of nitrogen functional groups attached to an aromatic ring is 1. The van der Waals surface area contributed by atoms with E-state index in [1.165, 1.54) is 43.3 Å². The molecule has 0 atom stereocenters. The number of carbonyl (C=O) groups excluding carboxylic acids is 3. The molecule has 0 unspecified atom stereocenters. The second-order valence-corrected chi connectivity index (χ2v) is 5.23. The maximum Gasteiger partial charge on any atom is 0.323 e. The quantitative estimate of drug-likeness (QED) is 0.442. The molecule has 7 nitrogen and oxygen atoms in total. The number of aromatic hydroxyl groups is 1. The lowest BCUT2D eigenvalue weighted by Gasteiger charge is -2.19. The summed E-state index contributed by atoms with van der Waals surface area (Å²) in [5, 5.41) is 12.1. The maximum absolute atomic E-state index is 12.4. The number of amides is 3. The highest BCUT2D eigenvalue weighted by atomic mass is 16.3. The van der Waals surface area contributed by atoms with Crippen LogP contribution in [0.25, 0.3) is 0 Å². The summed E-state index contributed by atoms with van der Waals surface area (Å²) in [5.74, 6) is -2.90. The predicted molar refractivity (Wildman–Crippen MR) is 90.5 cm³/mol. The van der Waals surface area contributed by atoms with E-state index in [0.29, 0.717) is 5.69 Å². The SMILES string of the molecule is CC(=O)N(C(=O)C(=O)Nc1cc(C)ccc1O)c1ccc(N)cc1. The Bertz CT molecular complexity index is 800. The molecular formula is C17H17N3O4. The molecule has 4 N–H and O–H groups in total. The van der Waals surface area contributed by atoms with Gasteiger partial charge in [-0.05, 0) is 48.9 Å². The molecule has 0 bridgehead atoms. The van der Waals surface area contributed by atoms with Crippen LogP contribution in [0.4, 0.5) is 17.1 Å². The lowest BCUT2D eigenvalue weighted by atomic mass is 10.2. The summed E-state index contributed by atoms with van der Waals surface area (Å²) >= 11 is 0. The number of rotatable bonds is 2. The van der Waals surface area contributed by atoms with Crippen molar-refractivity contribution in [3.63, 3.8) is 0 Å². The molecule has 2 aromatic carbocycles. The Kier molecular flexibility index (Phi) is 4.84. The van der Waals surface area contributed by atoms with Crippen LogP contribution in [-0.4, -0.2) is 22.8 Å². The van der Waals surface area contributed by atoms with E-state index in [1.807, 2.05) is 0 Å². The lowest BCUT2D eigenvalue weighted by Crippen LogP contribution is -2.42. The number of nitrogens with two attached hydrogens (primary N) is 1. The summed E-state index contributed by atoms with van der Waals surface area (Å²) in [5.41, 5.74) is 7.15. The van der Waals surface area contributed by atoms with E-state index < -0.39 is 17.7 Å². The van der Waals surface area contributed by atoms with Crippen LogP contribution in [0.2, 0.25) is 0 Å². The minimum Gasteiger partial charge on any atom is -0.506 e. The third kappa shape index (κ3) is 3.70. The average Bonchev–Trinajstić information content (AvgIpc) is 2.52. The number of nitrogens with zero attached hydrogens (tertiary/aromatic N) is 1. The monoisotopic (exact) mass is 327 g/mol. The molecule has 0 aliphatic carbocycles. The first-order valence-corrected chi connectivity index (χ1v) is 7.10. The number of benzene rings is 2. The Balaban J connectivity index is 2.26. The average molecular weight is 327 g/mol. The molecule has 0 fully saturated rings. The summed E-state index contributed by atoms with van der Waals surface area (Å²) in [7, 11) is 0. The van der Waals surface area contributed by atoms with Gasteiger partial charge in [-0.25, -0.2) is 4.90 Å². The summed E-state index contributed by atoms with van der Waals surface area (Å²) < 4.78 is 0. The van der Waals surface area contributed by atoms with E-state index >= 15 is 0 Å². The topological polar surface area (TPSA) is 113 Å². The summed E-state index contributed by atoms with van der Waals surface area (Å²) in [6, 6.07) is 10.5. The second-order valence-electron chi connectivity index (χ2n) is 5.23. The largest absolute Gasteiger partial charge is 0.506 e. The van der Waals surface area contributed by atoms with E-state index in [1.54, 1.807) is 13.0 Å². The molecule has 0 radical (unpaired) electrons. The van der Waals surface area contributed by atoms with Gasteiger partial charge < -0.3 is 16.2 Å². The Hall–Kier alpha value is -3.35. The molecule has 2 rings (SSSR count). The lowest BCUT2D eigenvalue weighted by molar-refractivity contribution is -0.136. The maximum atomic E-state index is 12.4. The van der Waals surface area contributed by atoms with Gasteiger partial charge in [-0.1, -0.05) is 6.07 Å². The Morgan fingerprint density at radius 2 is 1.71 bits per heavy atom. The van der Waals surface area contributed by atoms with Crippen LogP contribution >= 0.6 is 0 Å². The first-order chi connectivity index (χ1) is 11.3. The minimum atomic E-state index is -1.06. The molecular weight excluding hydrogens is 310 g/mol. The Morgan fingerprint density at radius 3 is 2.29 bits per heavy atom. The number of aryl methyl sites for hydroxylation is 1. The number of nitrogens with one attached hydrogen (secondary N) is 1. The van der Waals surface area contributed by atoms with Gasteiger partial charge in [-0.15, -0.1) is 0 Å². The molecule has 124 valence electrons. The number of carbonyl (C=O) groups is 3. The molecule has 0 aliphatic heterocycles. The molecule has 0 heterocycles. The Morgan fingerprint density at radius 1 is 1.08 bits per heavy atom. The fourth-order valence-electron chi connectivity index (χ4n) is 2.09. The van der Waals surface area contributed by atoms with Gasteiger partial charge in [0.15, 0.2) is 0 Å². The van der Waals surface area contributed by atoms with Gasteiger partial charge in [0.05, 0.1) is 11.4 Å². The van der Waals surface area contributed by atoms with Crippen LogP contribution in [0.1, 0.15) is 12.5 Å². The van der Waals surface area contributed by atoms with E-state index in [0.717, 1.165) is 10.5 Å². The molecule has 7 heteroatoms. The van der Waals surface area contributed by atoms with Crippen molar-refractivity contribution in [3.05, 3.63) is 48.0 Å². The molecule has 3 amide bonds. The first kappa shape index (κ1) is 17.0. The van der Waals surface area contributed by atoms with Gasteiger partial charge >= 0.3 is 11.8 Å². The summed E-state index contributed by atoms with van der Waals surface area (Å²) in [4.78, 5) is 37.1. The van der Waals surface area contributed by atoms with Crippen molar-refractivity contribution >= 4 is 34.8 Å². The van der Waals surface area contributed by atoms with Crippen LogP contribution in [0, 0.1) is 6.92 Å². The van der Waals surface area contributed by atoms with Gasteiger partial charge in [0, 0.05) is 12.6 Å². The second kappa shape index (κ2) is 6.82. The summed E-state index contributed by atoms with van der Waals surface area (Å²) in [6.07, 6.45) is 0. The van der Waals surface area contributed by atoms with Crippen LogP contribution in [0.3, 0.4) is 0 Å². The van der Waals surface area contributed by atoms with Crippen LogP contribution in [0.5, 0.6) is 5.75 Å². The number of anilines is 3. The van der Waals surface area contributed by atoms with Gasteiger partial charge in [0.25, 0.3) is 0 Å². The highest BCUT2D eigenvalue weighted by Crippen LogP contribution is 2.24. The zero-order chi connectivity index (χ0) is 17.9. The van der Waals surface area contributed by atoms with Crippen molar-refractivity contribution in [1.29, 1.82) is 0 Å². The number of phenols is 1. The molecule has 0 aromatic heterocycles. The molecule has 0 saturated carbocycles. The van der Waals surface area contributed by atoms with E-state index in [9.17, 15) is 19.5 Å². The minimum absolute atomic E-state index is 0.0918. The number of imide groups is 1. The van der Waals surface area contributed by atoms with Crippen LogP contribution in [0.15, 0.2) is 42.5 Å². The molecule has 0 spiro atoms. The molecule has 0 aliphatic rings. The van der Waals surface area contributed by atoms with Crippen molar-refractivity contribution in [2.75, 3.05) is 16.0 Å². The van der Waals surface area contributed by atoms with Gasteiger partial charge in [0.1, 0.15) is 5.75 Å². The van der Waals surface area contributed by atoms with Gasteiger partial charge in [-0.3, -0.25) is 14.4 Å². The molecule has 2 aromatic rings. The van der Waals surface area contributed by atoms with Crippen molar-refractivity contribution < 1.29 is 19.5 Å². The smallest absolute Gasteiger partial charge is 0.323 e. The van der Waals surface area contributed by atoms with Crippen LogP contribution in [-0.2, 0) is 14.4 Å². The third-order valence-corrected chi connectivity index (χ3v) is 3.26. The van der Waals surface area contributed by atoms with E-state index in [-0.39, 0.29) is 17.1 Å². The van der Waals surface area contributed by atoms with E-state index in [4.69, 9.17) is 5.73 Å². The van der Waals surface area contributed by atoms with Crippen molar-refractivity contribution in [1.82, 2.24) is 0 Å². The van der Waals surface area contributed by atoms with Crippen molar-refractivity contribution in [2.24, 2.45) is 0 Å². The number of hydrogen-bond donors (Lipinski definition) is 3. The van der Waals surface area contributed by atoms with Crippen molar-refractivity contribution in [2.45, 2.75) is 13.8 Å². The predicted octanol–water partition coefficient (Wildman–Crippen LogP) is 1.80. The fourth-order valence-corrected chi connectivity index (χ4v) is 2.09. The third-order valence-electron chi connectivity index (χ3n) is 3.26. The number of hydrogen-bond acceptors (Lipinski definition) is 5. The first-order valence-electron chi connectivity index (χ1n) is 7.10. The van der Waals surface area contributed by atoms with E-state index in [2.05, 4.69) is 5.32 Å². The van der Waals surface area contributed by atoms with Gasteiger partial charge in [0.2, 0.25) is 5.91 Å². The van der Waals surface area contributed by atoms with Gasteiger partial charge in [-0.2, -0.15) is 0 Å². The van der Waals surface area contributed by atoms with Crippen LogP contribution < -0.4 is 16.0 Å². The molecule has 24 heavy (non-hydrogen) atoms. The Labute approximate surface area is 138 Å². The normalized spacial score (nSPS) is 10.1. The standard InChI is InChI=1S/C17H17N3O4/c1-10-3-8-15(22)14(9-10)19-16(23)17(24)20(11(2)21)13-6-4-12(18)5-7-13/h3-9,22H,18H2,1-2H3,(H,19,23). The zero-order valence-corrected chi connectivity index (χ0v) is 13.2. The highest BCUT2D eigenvalue weighted by molar-refractivity contribution is 6.48. The summed E-state index contributed by atoms with van der Waals surface area (Å²) in [6.45, 7) is 2.94. The molecule has 0 saturated heterocycles. The fraction of sp³-hybridized carbons (Fsp3) is 0.118. The zero-order valence-electron chi connectivity index (χ0n) is 13.2. The number of phenolic OH excluding ortho intramolecular Hbond substituents is 1.